The van der Waals surface area contributed by atoms with Gasteiger partial charge in [-0.25, -0.2) is 4.39 Å². The molecule has 1 atom stereocenters. The molecule has 1 aromatic heterocycles. The molecule has 1 amide bonds. The summed E-state index contributed by atoms with van der Waals surface area (Å²) in [6, 6.07) is 10.5. The van der Waals surface area contributed by atoms with Crippen LogP contribution in [0.1, 0.15) is 29.4 Å². The summed E-state index contributed by atoms with van der Waals surface area (Å²) in [7, 11) is 1.41. The van der Waals surface area contributed by atoms with Crippen molar-refractivity contribution in [2.75, 3.05) is 18.6 Å². The number of aryl methyl sites for hydroxylation is 2. The minimum atomic E-state index is -0.497. The number of rotatable bonds is 4. The minimum Gasteiger partial charge on any atom is -0.494 e. The van der Waals surface area contributed by atoms with Crippen molar-refractivity contribution < 1.29 is 18.4 Å². The number of amides is 1. The Bertz CT molecular complexity index is 1050. The van der Waals surface area contributed by atoms with Gasteiger partial charge in [0.15, 0.2) is 11.6 Å². The number of anilines is 1. The fourth-order valence-electron chi connectivity index (χ4n) is 3.44. The van der Waals surface area contributed by atoms with Gasteiger partial charge in [0.2, 0.25) is 17.6 Å². The molecular formula is C21H20FN3O3. The van der Waals surface area contributed by atoms with Crippen LogP contribution in [0.5, 0.6) is 5.75 Å². The average Bonchev–Trinajstić information content (AvgIpc) is 3.30. The summed E-state index contributed by atoms with van der Waals surface area (Å²) in [5, 5.41) is 3.96. The molecule has 7 heteroatoms. The number of hydrogen-bond acceptors (Lipinski definition) is 5. The molecule has 0 saturated carbocycles. The molecule has 0 bridgehead atoms. The number of nitrogens with zero attached hydrogens (tertiary/aromatic N) is 3. The van der Waals surface area contributed by atoms with Crippen molar-refractivity contribution in [3.05, 3.63) is 59.2 Å². The lowest BCUT2D eigenvalue weighted by atomic mass is 10.1. The van der Waals surface area contributed by atoms with Crippen molar-refractivity contribution in [3.8, 4) is 17.1 Å². The van der Waals surface area contributed by atoms with Crippen LogP contribution in [0, 0.1) is 19.7 Å². The van der Waals surface area contributed by atoms with Gasteiger partial charge in [0, 0.05) is 24.2 Å². The summed E-state index contributed by atoms with van der Waals surface area (Å²) in [6.07, 6.45) is 0.298. The maximum atomic E-state index is 13.9. The molecule has 1 unspecified atom stereocenters. The number of ether oxygens (including phenoxy) is 1. The van der Waals surface area contributed by atoms with E-state index in [-0.39, 0.29) is 23.4 Å². The van der Waals surface area contributed by atoms with E-state index in [0.29, 0.717) is 24.4 Å². The molecule has 1 aliphatic heterocycles. The van der Waals surface area contributed by atoms with Gasteiger partial charge in [-0.05, 0) is 49.2 Å². The number of benzene rings is 2. The Kier molecular flexibility index (Phi) is 4.58. The molecule has 1 fully saturated rings. The van der Waals surface area contributed by atoms with Crippen LogP contribution in [0.2, 0.25) is 0 Å². The Morgan fingerprint density at radius 1 is 1.21 bits per heavy atom. The standard InChI is InChI=1S/C21H20FN3O3/c1-12-4-5-13(2)17(8-12)25-11-15(10-19(25)26)21-23-20(24-28-21)14-6-7-18(27-3)16(22)9-14/h4-9,15H,10-11H2,1-3H3. The van der Waals surface area contributed by atoms with Crippen LogP contribution in [0.25, 0.3) is 11.4 Å². The van der Waals surface area contributed by atoms with Crippen molar-refractivity contribution in [1.29, 1.82) is 0 Å². The molecule has 4 rings (SSSR count). The molecule has 2 aromatic carbocycles. The molecule has 1 saturated heterocycles. The Hall–Kier alpha value is -3.22. The molecule has 1 aliphatic rings. The van der Waals surface area contributed by atoms with E-state index in [4.69, 9.17) is 9.26 Å². The number of carbonyl (C=O) groups is 1. The molecule has 0 N–H and O–H groups in total. The highest BCUT2D eigenvalue weighted by atomic mass is 19.1. The predicted molar refractivity (Wildman–Crippen MR) is 102 cm³/mol. The van der Waals surface area contributed by atoms with Crippen molar-refractivity contribution in [1.82, 2.24) is 10.1 Å². The van der Waals surface area contributed by atoms with Gasteiger partial charge in [0.1, 0.15) is 0 Å². The second-order valence-electron chi connectivity index (χ2n) is 7.00. The van der Waals surface area contributed by atoms with Gasteiger partial charge in [-0.1, -0.05) is 17.3 Å². The summed E-state index contributed by atoms with van der Waals surface area (Å²) in [4.78, 5) is 18.8. The van der Waals surface area contributed by atoms with E-state index in [9.17, 15) is 9.18 Å². The highest BCUT2D eigenvalue weighted by molar-refractivity contribution is 5.97. The average molecular weight is 381 g/mol. The second kappa shape index (κ2) is 7.07. The van der Waals surface area contributed by atoms with Crippen LogP contribution < -0.4 is 9.64 Å². The first-order valence-electron chi connectivity index (χ1n) is 9.01. The fraction of sp³-hybridized carbons (Fsp3) is 0.286. The van der Waals surface area contributed by atoms with Crippen LogP contribution in [0.15, 0.2) is 40.9 Å². The first-order valence-corrected chi connectivity index (χ1v) is 9.01. The molecule has 2 heterocycles. The van der Waals surface area contributed by atoms with Crippen molar-refractivity contribution >= 4 is 11.6 Å². The first-order chi connectivity index (χ1) is 13.5. The Balaban J connectivity index is 1.57. The van der Waals surface area contributed by atoms with E-state index < -0.39 is 5.82 Å². The van der Waals surface area contributed by atoms with Gasteiger partial charge in [0.25, 0.3) is 0 Å². The lowest BCUT2D eigenvalue weighted by Crippen LogP contribution is -2.25. The zero-order chi connectivity index (χ0) is 19.8. The number of methoxy groups -OCH3 is 1. The molecule has 3 aromatic rings. The van der Waals surface area contributed by atoms with Gasteiger partial charge in [0.05, 0.1) is 13.0 Å². The Labute approximate surface area is 161 Å². The quantitative estimate of drug-likeness (QED) is 0.683. The zero-order valence-corrected chi connectivity index (χ0v) is 15.9. The van der Waals surface area contributed by atoms with Crippen LogP contribution in [-0.2, 0) is 4.79 Å². The third-order valence-corrected chi connectivity index (χ3v) is 4.98. The maximum absolute atomic E-state index is 13.9. The van der Waals surface area contributed by atoms with Crippen molar-refractivity contribution in [2.24, 2.45) is 0 Å². The lowest BCUT2D eigenvalue weighted by molar-refractivity contribution is -0.117. The number of aromatic nitrogens is 2. The molecule has 0 spiro atoms. The van der Waals surface area contributed by atoms with Crippen LogP contribution in [0.4, 0.5) is 10.1 Å². The minimum absolute atomic E-state index is 0.0222. The topological polar surface area (TPSA) is 68.5 Å². The number of halogens is 1. The van der Waals surface area contributed by atoms with Crippen LogP contribution in [-0.4, -0.2) is 29.7 Å². The van der Waals surface area contributed by atoms with Gasteiger partial charge >= 0.3 is 0 Å². The van der Waals surface area contributed by atoms with E-state index >= 15 is 0 Å². The second-order valence-corrected chi connectivity index (χ2v) is 7.00. The Morgan fingerprint density at radius 2 is 2.04 bits per heavy atom. The molecule has 6 nitrogen and oxygen atoms in total. The summed E-state index contributed by atoms with van der Waals surface area (Å²) in [6.45, 7) is 4.46. The van der Waals surface area contributed by atoms with Gasteiger partial charge in [-0.3, -0.25) is 4.79 Å². The number of carbonyl (C=O) groups excluding carboxylic acids is 1. The molecule has 144 valence electrons. The first kappa shape index (κ1) is 18.2. The highest BCUT2D eigenvalue weighted by Gasteiger charge is 2.35. The lowest BCUT2D eigenvalue weighted by Gasteiger charge is -2.19. The van der Waals surface area contributed by atoms with Crippen molar-refractivity contribution in [3.63, 3.8) is 0 Å². The summed E-state index contributed by atoms with van der Waals surface area (Å²) in [5.41, 5.74) is 3.53. The fourth-order valence-corrected chi connectivity index (χ4v) is 3.44. The van der Waals surface area contributed by atoms with E-state index in [1.165, 1.54) is 19.2 Å². The van der Waals surface area contributed by atoms with Crippen LogP contribution >= 0.6 is 0 Å². The maximum Gasteiger partial charge on any atom is 0.232 e. The zero-order valence-electron chi connectivity index (χ0n) is 15.9. The van der Waals surface area contributed by atoms with Crippen molar-refractivity contribution in [2.45, 2.75) is 26.2 Å². The molecule has 0 radical (unpaired) electrons. The highest BCUT2D eigenvalue weighted by Crippen LogP contribution is 2.34. The molecule has 0 aliphatic carbocycles. The number of hydrogen-bond donors (Lipinski definition) is 0. The Morgan fingerprint density at radius 3 is 2.79 bits per heavy atom. The smallest absolute Gasteiger partial charge is 0.232 e. The van der Waals surface area contributed by atoms with E-state index in [2.05, 4.69) is 10.1 Å². The third kappa shape index (κ3) is 3.24. The van der Waals surface area contributed by atoms with E-state index in [1.54, 1.807) is 11.0 Å². The largest absolute Gasteiger partial charge is 0.494 e. The molecular weight excluding hydrogens is 361 g/mol. The third-order valence-electron chi connectivity index (χ3n) is 4.98. The van der Waals surface area contributed by atoms with Gasteiger partial charge in [-0.2, -0.15) is 4.98 Å². The predicted octanol–water partition coefficient (Wildman–Crippen LogP) is 4.02. The summed E-state index contributed by atoms with van der Waals surface area (Å²) < 4.78 is 24.3. The molecule has 28 heavy (non-hydrogen) atoms. The summed E-state index contributed by atoms with van der Waals surface area (Å²) >= 11 is 0. The van der Waals surface area contributed by atoms with E-state index in [1.807, 2.05) is 32.0 Å². The monoisotopic (exact) mass is 381 g/mol. The normalized spacial score (nSPS) is 16.6. The van der Waals surface area contributed by atoms with E-state index in [0.717, 1.165) is 16.8 Å². The van der Waals surface area contributed by atoms with Crippen LogP contribution in [0.3, 0.4) is 0 Å². The van der Waals surface area contributed by atoms with Gasteiger partial charge in [-0.15, -0.1) is 0 Å². The summed E-state index contributed by atoms with van der Waals surface area (Å²) in [5.74, 6) is 0.147. The SMILES string of the molecule is COc1ccc(-c2noc(C3CC(=O)N(c4cc(C)ccc4C)C3)n2)cc1F. The van der Waals surface area contributed by atoms with Gasteiger partial charge < -0.3 is 14.2 Å².